The third-order valence-corrected chi connectivity index (χ3v) is 4.87. The molecule has 1 aromatic carbocycles. The average Bonchev–Trinajstić information content (AvgIpc) is 2.65. The molecule has 1 aromatic heterocycles. The van der Waals surface area contributed by atoms with Gasteiger partial charge in [0, 0.05) is 12.3 Å². The van der Waals surface area contributed by atoms with E-state index in [-0.39, 0.29) is 25.5 Å². The van der Waals surface area contributed by atoms with E-state index >= 15 is 0 Å². The minimum atomic E-state index is -1.31. The van der Waals surface area contributed by atoms with E-state index in [1.54, 1.807) is 0 Å². The van der Waals surface area contributed by atoms with Crippen LogP contribution in [0.25, 0.3) is 0 Å². The molecule has 9 heteroatoms. The number of aliphatic hydroxyl groups is 2. The summed E-state index contributed by atoms with van der Waals surface area (Å²) in [7, 11) is 0. The summed E-state index contributed by atoms with van der Waals surface area (Å²) < 4.78 is 6.74. The average molecular weight is 389 g/mol. The number of hydrogen-bond acceptors (Lipinski definition) is 6. The first-order valence-corrected chi connectivity index (χ1v) is 8.96. The molecule has 1 aliphatic rings. The number of aryl methyl sites for hydroxylation is 1. The Bertz CT molecular complexity index is 953. The number of ether oxygens (including phenoxy) is 1. The van der Waals surface area contributed by atoms with Gasteiger partial charge in [-0.1, -0.05) is 24.3 Å². The van der Waals surface area contributed by atoms with Crippen LogP contribution in [0.15, 0.2) is 46.1 Å². The smallest absolute Gasteiger partial charge is 0.328 e. The Balaban J connectivity index is 1.60. The fourth-order valence-electron chi connectivity index (χ4n) is 3.19. The maximum atomic E-state index is 12.3. The molecule has 1 amide bonds. The Morgan fingerprint density at radius 2 is 2.00 bits per heavy atom. The summed E-state index contributed by atoms with van der Waals surface area (Å²) in [6.45, 7) is 1.85. The highest BCUT2D eigenvalue weighted by Crippen LogP contribution is 2.17. The SMILES string of the molecule is Cc1ccccc1CC(=O)N[C@@H]1CO[C@H](Cn2ccc(=O)[nH]c2=O)[C@@H](O)[C@H]1O. The fourth-order valence-corrected chi connectivity index (χ4v) is 3.19. The van der Waals surface area contributed by atoms with E-state index in [1.165, 1.54) is 16.8 Å². The Morgan fingerprint density at radius 1 is 1.25 bits per heavy atom. The minimum absolute atomic E-state index is 0.0134. The second-order valence-corrected chi connectivity index (χ2v) is 6.89. The molecule has 0 spiro atoms. The molecule has 2 aromatic rings. The predicted molar refractivity (Wildman–Crippen MR) is 99.9 cm³/mol. The number of H-pyrrole nitrogens is 1. The summed E-state index contributed by atoms with van der Waals surface area (Å²) in [4.78, 5) is 37.3. The first-order chi connectivity index (χ1) is 13.3. The van der Waals surface area contributed by atoms with Crippen LogP contribution >= 0.6 is 0 Å². The maximum absolute atomic E-state index is 12.3. The number of aliphatic hydroxyl groups excluding tert-OH is 2. The predicted octanol–water partition coefficient (Wildman–Crippen LogP) is -1.31. The van der Waals surface area contributed by atoms with Crippen LogP contribution in [-0.4, -0.2) is 56.6 Å². The van der Waals surface area contributed by atoms with E-state index in [1.807, 2.05) is 31.2 Å². The minimum Gasteiger partial charge on any atom is -0.388 e. The molecule has 0 radical (unpaired) electrons. The van der Waals surface area contributed by atoms with Crippen LogP contribution in [0.4, 0.5) is 0 Å². The molecule has 0 bridgehead atoms. The van der Waals surface area contributed by atoms with Crippen molar-refractivity contribution in [3.63, 3.8) is 0 Å². The summed E-state index contributed by atoms with van der Waals surface area (Å²) in [5, 5.41) is 23.4. The van der Waals surface area contributed by atoms with Crippen molar-refractivity contribution in [2.45, 2.75) is 44.2 Å². The summed E-state index contributed by atoms with van der Waals surface area (Å²) in [5.41, 5.74) is 0.709. The van der Waals surface area contributed by atoms with E-state index in [0.717, 1.165) is 11.1 Å². The zero-order valence-corrected chi connectivity index (χ0v) is 15.4. The van der Waals surface area contributed by atoms with Gasteiger partial charge in [0.15, 0.2) is 0 Å². The molecular weight excluding hydrogens is 366 g/mol. The van der Waals surface area contributed by atoms with Gasteiger partial charge in [-0.25, -0.2) is 4.79 Å². The standard InChI is InChI=1S/C19H23N3O6/c1-11-4-2-3-5-12(11)8-16(24)20-13-10-28-14(18(26)17(13)25)9-22-7-6-15(23)21-19(22)27/h2-7,13-14,17-18,25-26H,8-10H2,1H3,(H,20,24)(H,21,23,27)/t13-,14-,17+,18-/m1/s1. The van der Waals surface area contributed by atoms with Crippen LogP contribution < -0.4 is 16.6 Å². The van der Waals surface area contributed by atoms with E-state index in [4.69, 9.17) is 4.74 Å². The van der Waals surface area contributed by atoms with Crippen LogP contribution in [0.5, 0.6) is 0 Å². The number of rotatable bonds is 5. The van der Waals surface area contributed by atoms with Crippen molar-refractivity contribution < 1.29 is 19.7 Å². The molecule has 9 nitrogen and oxygen atoms in total. The molecule has 4 atom stereocenters. The van der Waals surface area contributed by atoms with Gasteiger partial charge in [0.2, 0.25) is 5.91 Å². The van der Waals surface area contributed by atoms with E-state index < -0.39 is 35.6 Å². The van der Waals surface area contributed by atoms with Crippen LogP contribution in [0.1, 0.15) is 11.1 Å². The summed E-state index contributed by atoms with van der Waals surface area (Å²) in [5.74, 6) is -0.288. The number of aromatic nitrogens is 2. The Morgan fingerprint density at radius 3 is 2.71 bits per heavy atom. The van der Waals surface area contributed by atoms with Gasteiger partial charge in [0.05, 0.1) is 25.6 Å². The van der Waals surface area contributed by atoms with Crippen molar-refractivity contribution in [3.8, 4) is 0 Å². The second kappa shape index (κ2) is 8.51. The number of carbonyl (C=O) groups excluding carboxylic acids is 1. The van der Waals surface area contributed by atoms with Gasteiger partial charge in [0.25, 0.3) is 5.56 Å². The van der Waals surface area contributed by atoms with Crippen molar-refractivity contribution in [3.05, 3.63) is 68.5 Å². The zero-order valence-electron chi connectivity index (χ0n) is 15.4. The molecule has 1 aliphatic heterocycles. The summed E-state index contributed by atoms with van der Waals surface area (Å²) in [6.07, 6.45) is -1.97. The lowest BCUT2D eigenvalue weighted by molar-refractivity contribution is -0.158. The highest BCUT2D eigenvalue weighted by Gasteiger charge is 2.39. The molecule has 1 fully saturated rings. The molecule has 0 aliphatic carbocycles. The number of nitrogens with zero attached hydrogens (tertiary/aromatic N) is 1. The lowest BCUT2D eigenvalue weighted by Crippen LogP contribution is -2.60. The Labute approximate surface area is 160 Å². The molecule has 0 unspecified atom stereocenters. The molecule has 150 valence electrons. The molecule has 0 saturated carbocycles. The van der Waals surface area contributed by atoms with Gasteiger partial charge < -0.3 is 20.3 Å². The third kappa shape index (κ3) is 4.56. The Kier molecular flexibility index (Phi) is 6.08. The number of aromatic amines is 1. The second-order valence-electron chi connectivity index (χ2n) is 6.89. The number of nitrogens with one attached hydrogen (secondary N) is 2. The number of hydrogen-bond donors (Lipinski definition) is 4. The maximum Gasteiger partial charge on any atom is 0.328 e. The highest BCUT2D eigenvalue weighted by atomic mass is 16.5. The Hall–Kier alpha value is -2.75. The lowest BCUT2D eigenvalue weighted by Gasteiger charge is -2.38. The fraction of sp³-hybridized carbons (Fsp3) is 0.421. The first kappa shape index (κ1) is 20.0. The molecule has 2 heterocycles. The van der Waals surface area contributed by atoms with Gasteiger partial charge in [-0.05, 0) is 18.1 Å². The van der Waals surface area contributed by atoms with Gasteiger partial charge in [-0.2, -0.15) is 0 Å². The highest BCUT2D eigenvalue weighted by molar-refractivity contribution is 5.79. The number of benzene rings is 1. The van der Waals surface area contributed by atoms with Crippen molar-refractivity contribution in [2.75, 3.05) is 6.61 Å². The quantitative estimate of drug-likeness (QED) is 0.502. The summed E-state index contributed by atoms with van der Waals surface area (Å²) >= 11 is 0. The van der Waals surface area contributed by atoms with Crippen LogP contribution in [-0.2, 0) is 22.5 Å². The zero-order chi connectivity index (χ0) is 20.3. The van der Waals surface area contributed by atoms with Crippen LogP contribution in [0.2, 0.25) is 0 Å². The van der Waals surface area contributed by atoms with Crippen molar-refractivity contribution in [1.82, 2.24) is 14.9 Å². The van der Waals surface area contributed by atoms with Crippen LogP contribution in [0.3, 0.4) is 0 Å². The van der Waals surface area contributed by atoms with Gasteiger partial charge in [0.1, 0.15) is 18.3 Å². The molecule has 28 heavy (non-hydrogen) atoms. The van der Waals surface area contributed by atoms with E-state index in [9.17, 15) is 24.6 Å². The molecule has 4 N–H and O–H groups in total. The monoisotopic (exact) mass is 389 g/mol. The first-order valence-electron chi connectivity index (χ1n) is 8.96. The number of amides is 1. The van der Waals surface area contributed by atoms with Gasteiger partial charge >= 0.3 is 5.69 Å². The van der Waals surface area contributed by atoms with Crippen molar-refractivity contribution in [2.24, 2.45) is 0 Å². The van der Waals surface area contributed by atoms with Crippen LogP contribution in [0, 0.1) is 6.92 Å². The van der Waals surface area contributed by atoms with Crippen molar-refractivity contribution >= 4 is 5.91 Å². The lowest BCUT2D eigenvalue weighted by atomic mass is 9.97. The molecule has 3 rings (SSSR count). The van der Waals surface area contributed by atoms with Crippen molar-refractivity contribution in [1.29, 1.82) is 0 Å². The molecule has 1 saturated heterocycles. The van der Waals surface area contributed by atoms with E-state index in [0.29, 0.717) is 0 Å². The van der Waals surface area contributed by atoms with Gasteiger partial charge in [-0.3, -0.25) is 19.1 Å². The van der Waals surface area contributed by atoms with Gasteiger partial charge in [-0.15, -0.1) is 0 Å². The largest absolute Gasteiger partial charge is 0.388 e. The number of carbonyl (C=O) groups is 1. The normalized spacial score (nSPS) is 24.7. The molecular formula is C19H23N3O6. The van der Waals surface area contributed by atoms with E-state index in [2.05, 4.69) is 10.3 Å². The summed E-state index contributed by atoms with van der Waals surface area (Å²) in [6, 6.07) is 7.92. The topological polar surface area (TPSA) is 134 Å². The third-order valence-electron chi connectivity index (χ3n) is 4.87.